The standard InChI is InChI=1S/C26H43NO6/c1-14(4-7-22(31)27-13-23(32)33)17-5-6-18-24-19(12-21(30)26(17,18)3)25(2)9-8-16(28)10-15(25)11-20(24)29/h14-21,24,28-30H,4-13H2,1-3H3,(H,27,31)(H,32,33)/t14-,15+,16-,17-,18+,19+,20-,21+,24+,25+,26-/m1/s1/i8D2,10D2,13+1,23+1. The van der Waals surface area contributed by atoms with E-state index in [9.17, 15) is 24.9 Å². The molecule has 11 atom stereocenters. The molecule has 0 bridgehead atoms. The second kappa shape index (κ2) is 9.12. The molecule has 0 heterocycles. The molecule has 1 amide bonds. The van der Waals surface area contributed by atoms with Crippen LogP contribution in [0.15, 0.2) is 0 Å². The molecule has 7 nitrogen and oxygen atoms in total. The summed E-state index contributed by atoms with van der Waals surface area (Å²) in [7, 11) is 0. The molecule has 4 aliphatic rings. The normalized spacial score (nSPS) is 52.5. The first-order valence-corrected chi connectivity index (χ1v) is 12.5. The molecule has 0 radical (unpaired) electrons. The number of aliphatic carboxylic acids is 1. The van der Waals surface area contributed by atoms with Crippen LogP contribution in [0.2, 0.25) is 0 Å². The van der Waals surface area contributed by atoms with Crippen LogP contribution in [0.4, 0.5) is 0 Å². The fraction of sp³-hybridized carbons (Fsp3) is 0.923. The summed E-state index contributed by atoms with van der Waals surface area (Å²) in [6, 6.07) is 0. The van der Waals surface area contributed by atoms with Crippen molar-refractivity contribution in [3.63, 3.8) is 0 Å². The summed E-state index contributed by atoms with van der Waals surface area (Å²) < 4.78 is 34.1. The second-order valence-corrected chi connectivity index (χ2v) is 11.6. The van der Waals surface area contributed by atoms with Gasteiger partial charge in [-0.05, 0) is 97.6 Å². The molecule has 0 saturated heterocycles. The zero-order valence-electron chi connectivity index (χ0n) is 24.0. The fourth-order valence-corrected chi connectivity index (χ4v) is 8.26. The van der Waals surface area contributed by atoms with Gasteiger partial charge in [-0.25, -0.2) is 0 Å². The Balaban J connectivity index is 1.57. The maximum absolute atomic E-state index is 12.1. The van der Waals surface area contributed by atoms with Crippen LogP contribution in [-0.4, -0.2) is 57.2 Å². The lowest BCUT2D eigenvalue weighted by atomic mass is 9.43. The summed E-state index contributed by atoms with van der Waals surface area (Å²) in [6.45, 7) is 5.61. The van der Waals surface area contributed by atoms with E-state index in [2.05, 4.69) is 19.2 Å². The largest absolute Gasteiger partial charge is 0.480 e. The molecule has 33 heavy (non-hydrogen) atoms. The van der Waals surface area contributed by atoms with Crippen LogP contribution in [0.1, 0.15) is 83.9 Å². The van der Waals surface area contributed by atoms with Crippen molar-refractivity contribution in [2.75, 3.05) is 6.54 Å². The van der Waals surface area contributed by atoms with Gasteiger partial charge in [-0.1, -0.05) is 20.8 Å². The maximum Gasteiger partial charge on any atom is 0.322 e. The predicted molar refractivity (Wildman–Crippen MR) is 123 cm³/mol. The molecule has 0 unspecified atom stereocenters. The van der Waals surface area contributed by atoms with Crippen LogP contribution in [0.5, 0.6) is 0 Å². The van der Waals surface area contributed by atoms with Crippen LogP contribution in [0.3, 0.4) is 0 Å². The summed E-state index contributed by atoms with van der Waals surface area (Å²) in [4.78, 5) is 22.8. The van der Waals surface area contributed by atoms with Crippen molar-refractivity contribution in [1.29, 1.82) is 0 Å². The quantitative estimate of drug-likeness (QED) is 0.379. The van der Waals surface area contributed by atoms with Gasteiger partial charge >= 0.3 is 5.97 Å². The minimum absolute atomic E-state index is 0.0132. The summed E-state index contributed by atoms with van der Waals surface area (Å²) in [5.41, 5.74) is -1.32. The van der Waals surface area contributed by atoms with E-state index in [0.29, 0.717) is 12.8 Å². The number of fused-ring (bicyclic) bond motifs is 5. The number of carbonyl (C=O) groups excluding carboxylic acids is 1. The number of amides is 1. The summed E-state index contributed by atoms with van der Waals surface area (Å²) in [5, 5.41) is 44.8. The van der Waals surface area contributed by atoms with Gasteiger partial charge < -0.3 is 25.7 Å². The first kappa shape index (κ1) is 20.1. The molecule has 4 fully saturated rings. The van der Waals surface area contributed by atoms with Gasteiger partial charge in [-0.15, -0.1) is 0 Å². The molecule has 5 N–H and O–H groups in total. The van der Waals surface area contributed by atoms with Gasteiger partial charge in [0.25, 0.3) is 0 Å². The van der Waals surface area contributed by atoms with Crippen LogP contribution >= 0.6 is 0 Å². The number of hydrogen-bond acceptors (Lipinski definition) is 5. The third kappa shape index (κ3) is 4.23. The van der Waals surface area contributed by atoms with Crippen molar-refractivity contribution < 1.29 is 35.5 Å². The molecule has 4 saturated carbocycles. The Morgan fingerprint density at radius 2 is 1.88 bits per heavy atom. The van der Waals surface area contributed by atoms with E-state index in [1.807, 2.05) is 6.92 Å². The first-order valence-electron chi connectivity index (χ1n) is 14.5. The van der Waals surface area contributed by atoms with Crippen LogP contribution in [0, 0.1) is 46.3 Å². The lowest BCUT2D eigenvalue weighted by Gasteiger charge is -2.63. The average Bonchev–Trinajstić information content (AvgIpc) is 3.15. The van der Waals surface area contributed by atoms with Crippen molar-refractivity contribution in [2.24, 2.45) is 46.3 Å². The van der Waals surface area contributed by atoms with Crippen molar-refractivity contribution in [3.05, 3.63) is 0 Å². The van der Waals surface area contributed by atoms with Crippen molar-refractivity contribution in [1.82, 2.24) is 5.32 Å². The molecule has 0 spiro atoms. The molecule has 7 heteroatoms. The molecule has 0 aromatic carbocycles. The van der Waals surface area contributed by atoms with E-state index < -0.39 is 60.3 Å². The first-order chi connectivity index (χ1) is 17.0. The summed E-state index contributed by atoms with van der Waals surface area (Å²) >= 11 is 0. The van der Waals surface area contributed by atoms with Gasteiger partial charge in [-0.2, -0.15) is 0 Å². The maximum atomic E-state index is 12.1. The monoisotopic (exact) mass is 471 g/mol. The number of aliphatic hydroxyl groups excluding tert-OH is 3. The van der Waals surface area contributed by atoms with E-state index in [1.165, 1.54) is 0 Å². The SMILES string of the molecule is [2H]C1([2H])C[C@@]2(C)[C@H](C[C@@H](O)[C@@H]3[C@@H]2C[C@H](O)[C@]2(C)[C@@H]([C@H](C)CCC(=O)N[13CH2][13C](=O)O)CC[C@@H]32)C([2H])([2H])[C@@H]1O. The number of nitrogens with one attached hydrogen (secondary N) is 1. The van der Waals surface area contributed by atoms with Crippen LogP contribution in [0.25, 0.3) is 0 Å². The minimum atomic E-state index is -2.19. The lowest BCUT2D eigenvalue weighted by molar-refractivity contribution is -0.207. The molecular formula is C26H43NO6. The Kier molecular flexibility index (Phi) is 5.54. The number of hydrogen-bond donors (Lipinski definition) is 5. The third-order valence-corrected chi connectivity index (χ3v) is 10.1. The Labute approximate surface area is 203 Å². The number of carboxylic acids is 1. The second-order valence-electron chi connectivity index (χ2n) is 11.6. The number of rotatable bonds is 6. The molecule has 4 rings (SSSR count). The van der Waals surface area contributed by atoms with Crippen LogP contribution < -0.4 is 5.32 Å². The summed E-state index contributed by atoms with van der Waals surface area (Å²) in [5.74, 6) is -2.43. The molecule has 0 aromatic heterocycles. The highest BCUT2D eigenvalue weighted by Crippen LogP contribution is 2.68. The minimum Gasteiger partial charge on any atom is -0.480 e. The molecule has 0 aromatic rings. The topological polar surface area (TPSA) is 127 Å². The fourth-order valence-electron chi connectivity index (χ4n) is 8.26. The van der Waals surface area contributed by atoms with Crippen LogP contribution in [-0.2, 0) is 9.59 Å². The van der Waals surface area contributed by atoms with Gasteiger partial charge in [0.05, 0.1) is 18.3 Å². The molecule has 188 valence electrons. The third-order valence-electron chi connectivity index (χ3n) is 10.1. The highest BCUT2D eigenvalue weighted by Gasteiger charge is 2.65. The summed E-state index contributed by atoms with van der Waals surface area (Å²) in [6.07, 6.45) is -4.75. The Bertz CT molecular complexity index is 919. The lowest BCUT2D eigenvalue weighted by Crippen LogP contribution is -2.62. The van der Waals surface area contributed by atoms with Gasteiger partial charge in [-0.3, -0.25) is 9.59 Å². The Morgan fingerprint density at radius 1 is 1.15 bits per heavy atom. The zero-order chi connectivity index (χ0) is 27.7. The average molecular weight is 472 g/mol. The number of carbonyl (C=O) groups is 2. The molecule has 4 aliphatic carbocycles. The van der Waals surface area contributed by atoms with Gasteiger partial charge in [0.1, 0.15) is 6.54 Å². The van der Waals surface area contributed by atoms with E-state index in [4.69, 9.17) is 10.6 Å². The smallest absolute Gasteiger partial charge is 0.322 e. The van der Waals surface area contributed by atoms with Gasteiger partial charge in [0.2, 0.25) is 5.91 Å². The van der Waals surface area contributed by atoms with Gasteiger partial charge in [0.15, 0.2) is 0 Å². The van der Waals surface area contributed by atoms with Crippen molar-refractivity contribution in [2.45, 2.75) is 96.8 Å². The van der Waals surface area contributed by atoms with Gasteiger partial charge in [0, 0.05) is 11.9 Å². The van der Waals surface area contributed by atoms with E-state index in [1.54, 1.807) is 0 Å². The number of aliphatic hydroxyl groups is 3. The Morgan fingerprint density at radius 3 is 2.58 bits per heavy atom. The zero-order valence-corrected chi connectivity index (χ0v) is 20.0. The van der Waals surface area contributed by atoms with E-state index in [-0.39, 0.29) is 54.8 Å². The van der Waals surface area contributed by atoms with E-state index >= 15 is 0 Å². The Hall–Kier alpha value is -1.18. The predicted octanol–water partition coefficient (Wildman–Crippen LogP) is 2.56. The highest BCUT2D eigenvalue weighted by molar-refractivity contribution is 5.81. The number of carboxylic acid groups (broad SMARTS) is 1. The highest BCUT2D eigenvalue weighted by atomic mass is 16.5. The van der Waals surface area contributed by atoms with E-state index in [0.717, 1.165) is 12.8 Å². The van der Waals surface area contributed by atoms with Crippen molar-refractivity contribution >= 4 is 11.9 Å². The molecular weight excluding hydrogens is 424 g/mol. The van der Waals surface area contributed by atoms with Crippen molar-refractivity contribution in [3.8, 4) is 0 Å². The molecule has 0 aliphatic heterocycles.